The quantitative estimate of drug-likeness (QED) is 0.868. The third kappa shape index (κ3) is 4.17. The van der Waals surface area contributed by atoms with Gasteiger partial charge in [-0.1, -0.05) is 6.07 Å². The number of urea groups is 1. The highest BCUT2D eigenvalue weighted by molar-refractivity contribution is 5.74. The van der Waals surface area contributed by atoms with Crippen LogP contribution in [-0.4, -0.2) is 31.9 Å². The molecule has 3 rings (SSSR count). The van der Waals surface area contributed by atoms with E-state index in [1.165, 1.54) is 26.0 Å². The van der Waals surface area contributed by atoms with Gasteiger partial charge in [-0.05, 0) is 56.2 Å². The molecule has 0 bridgehead atoms. The van der Waals surface area contributed by atoms with E-state index >= 15 is 0 Å². The van der Waals surface area contributed by atoms with Crippen LogP contribution in [-0.2, 0) is 4.74 Å². The highest BCUT2D eigenvalue weighted by atomic mass is 19.1. The van der Waals surface area contributed by atoms with Gasteiger partial charge in [0.2, 0.25) is 0 Å². The van der Waals surface area contributed by atoms with Crippen LogP contribution in [0.5, 0.6) is 5.75 Å². The van der Waals surface area contributed by atoms with Crippen molar-refractivity contribution < 1.29 is 18.7 Å². The minimum absolute atomic E-state index is 0.152. The van der Waals surface area contributed by atoms with Crippen molar-refractivity contribution in [2.24, 2.45) is 5.92 Å². The maximum atomic E-state index is 13.5. The standard InChI is InChI=1S/C18H25FN2O3/c1-11(13-5-6-15(19)17(9-13)23-2)20-18(22)21-14-7-8-24-16(10-14)12-3-4-12/h5-6,9,11-12,14,16H,3-4,7-8,10H2,1-2H3,(H2,20,21,22). The molecule has 24 heavy (non-hydrogen) atoms. The Morgan fingerprint density at radius 2 is 2.17 bits per heavy atom. The van der Waals surface area contributed by atoms with Crippen LogP contribution < -0.4 is 15.4 Å². The van der Waals surface area contributed by atoms with E-state index in [1.54, 1.807) is 12.1 Å². The van der Waals surface area contributed by atoms with Gasteiger partial charge in [0.15, 0.2) is 11.6 Å². The predicted octanol–water partition coefficient (Wildman–Crippen LogP) is 3.15. The zero-order valence-corrected chi connectivity index (χ0v) is 14.2. The lowest BCUT2D eigenvalue weighted by Gasteiger charge is -2.30. The van der Waals surface area contributed by atoms with Crippen molar-refractivity contribution >= 4 is 6.03 Å². The Morgan fingerprint density at radius 1 is 1.38 bits per heavy atom. The molecular weight excluding hydrogens is 311 g/mol. The van der Waals surface area contributed by atoms with E-state index in [4.69, 9.17) is 9.47 Å². The Bertz CT molecular complexity index is 592. The summed E-state index contributed by atoms with van der Waals surface area (Å²) in [6.45, 7) is 2.57. The first-order valence-electron chi connectivity index (χ1n) is 8.59. The van der Waals surface area contributed by atoms with Crippen LogP contribution in [0, 0.1) is 11.7 Å². The molecule has 1 aromatic rings. The second-order valence-electron chi connectivity index (χ2n) is 6.70. The van der Waals surface area contributed by atoms with Gasteiger partial charge in [-0.2, -0.15) is 0 Å². The molecule has 1 aliphatic carbocycles. The van der Waals surface area contributed by atoms with Crippen molar-refractivity contribution in [2.75, 3.05) is 13.7 Å². The maximum absolute atomic E-state index is 13.5. The SMILES string of the molecule is COc1cc(C(C)NC(=O)NC2CCOC(C3CC3)C2)ccc1F. The van der Waals surface area contributed by atoms with Gasteiger partial charge < -0.3 is 20.1 Å². The first-order valence-corrected chi connectivity index (χ1v) is 8.59. The lowest BCUT2D eigenvalue weighted by Crippen LogP contribution is -2.47. The molecule has 1 saturated heterocycles. The highest BCUT2D eigenvalue weighted by Gasteiger charge is 2.36. The Kier molecular flexibility index (Phi) is 5.23. The first kappa shape index (κ1) is 17.0. The fraction of sp³-hybridized carbons (Fsp3) is 0.611. The summed E-state index contributed by atoms with van der Waals surface area (Å²) in [6, 6.07) is 4.33. The fourth-order valence-electron chi connectivity index (χ4n) is 3.21. The minimum Gasteiger partial charge on any atom is -0.494 e. The second-order valence-corrected chi connectivity index (χ2v) is 6.70. The van der Waals surface area contributed by atoms with Crippen molar-refractivity contribution in [3.63, 3.8) is 0 Å². The number of nitrogens with one attached hydrogen (secondary N) is 2. The zero-order valence-electron chi connectivity index (χ0n) is 14.2. The summed E-state index contributed by atoms with van der Waals surface area (Å²) in [6.07, 6.45) is 4.51. The zero-order chi connectivity index (χ0) is 17.1. The van der Waals surface area contributed by atoms with E-state index in [9.17, 15) is 9.18 Å². The van der Waals surface area contributed by atoms with Crippen LogP contribution in [0.3, 0.4) is 0 Å². The number of rotatable bonds is 5. The van der Waals surface area contributed by atoms with Gasteiger partial charge in [0, 0.05) is 12.6 Å². The molecule has 0 radical (unpaired) electrons. The molecule has 132 valence electrons. The fourth-order valence-corrected chi connectivity index (χ4v) is 3.21. The predicted molar refractivity (Wildman–Crippen MR) is 88.5 cm³/mol. The monoisotopic (exact) mass is 336 g/mol. The highest BCUT2D eigenvalue weighted by Crippen LogP contribution is 2.38. The van der Waals surface area contributed by atoms with Crippen molar-refractivity contribution in [1.29, 1.82) is 0 Å². The average molecular weight is 336 g/mol. The lowest BCUT2D eigenvalue weighted by molar-refractivity contribution is -0.00917. The van der Waals surface area contributed by atoms with E-state index in [0.717, 1.165) is 18.4 Å². The number of methoxy groups -OCH3 is 1. The molecule has 1 aliphatic heterocycles. The summed E-state index contributed by atoms with van der Waals surface area (Å²) in [5, 5.41) is 5.94. The van der Waals surface area contributed by atoms with Crippen LogP contribution in [0.25, 0.3) is 0 Å². The Labute approximate surface area is 141 Å². The Hall–Kier alpha value is -1.82. The summed E-state index contributed by atoms with van der Waals surface area (Å²) in [4.78, 5) is 12.2. The van der Waals surface area contributed by atoms with Crippen LogP contribution in [0.15, 0.2) is 18.2 Å². The smallest absolute Gasteiger partial charge is 0.315 e. The van der Waals surface area contributed by atoms with Gasteiger partial charge in [0.05, 0.1) is 19.3 Å². The number of benzene rings is 1. The van der Waals surface area contributed by atoms with Gasteiger partial charge in [0.1, 0.15) is 0 Å². The van der Waals surface area contributed by atoms with Crippen molar-refractivity contribution in [1.82, 2.24) is 10.6 Å². The number of ether oxygens (including phenoxy) is 2. The third-order valence-corrected chi connectivity index (χ3v) is 4.82. The van der Waals surface area contributed by atoms with Gasteiger partial charge in [-0.15, -0.1) is 0 Å². The molecule has 2 fully saturated rings. The van der Waals surface area contributed by atoms with Gasteiger partial charge in [-0.3, -0.25) is 0 Å². The number of hydrogen-bond donors (Lipinski definition) is 2. The van der Waals surface area contributed by atoms with Crippen molar-refractivity contribution in [3.05, 3.63) is 29.6 Å². The van der Waals surface area contributed by atoms with Crippen molar-refractivity contribution in [3.8, 4) is 5.75 Å². The van der Waals surface area contributed by atoms with E-state index in [1.807, 2.05) is 6.92 Å². The topological polar surface area (TPSA) is 59.6 Å². The number of amides is 2. The summed E-state index contributed by atoms with van der Waals surface area (Å²) < 4.78 is 24.2. The third-order valence-electron chi connectivity index (χ3n) is 4.82. The Morgan fingerprint density at radius 3 is 2.88 bits per heavy atom. The van der Waals surface area contributed by atoms with Gasteiger partial charge >= 0.3 is 6.03 Å². The lowest BCUT2D eigenvalue weighted by atomic mass is 10.0. The van der Waals surface area contributed by atoms with Crippen LogP contribution in [0.2, 0.25) is 0 Å². The second kappa shape index (κ2) is 7.38. The summed E-state index contributed by atoms with van der Waals surface area (Å²) in [7, 11) is 1.43. The number of hydrogen-bond acceptors (Lipinski definition) is 3. The molecule has 2 aliphatic rings. The molecule has 1 aromatic carbocycles. The molecule has 3 unspecified atom stereocenters. The Balaban J connectivity index is 1.52. The molecular formula is C18H25FN2O3. The first-order chi connectivity index (χ1) is 11.6. The van der Waals surface area contributed by atoms with Crippen LogP contribution in [0.1, 0.15) is 44.2 Å². The molecule has 5 nitrogen and oxygen atoms in total. The van der Waals surface area contributed by atoms with E-state index in [0.29, 0.717) is 18.6 Å². The number of carbonyl (C=O) groups is 1. The van der Waals surface area contributed by atoms with E-state index in [2.05, 4.69) is 10.6 Å². The minimum atomic E-state index is -0.411. The molecule has 3 atom stereocenters. The molecule has 2 amide bonds. The normalized spacial score (nSPS) is 25.0. The average Bonchev–Trinajstić information content (AvgIpc) is 3.40. The summed E-state index contributed by atoms with van der Waals surface area (Å²) in [5.74, 6) is 0.452. The van der Waals surface area contributed by atoms with Gasteiger partial charge in [-0.25, -0.2) is 9.18 Å². The van der Waals surface area contributed by atoms with Gasteiger partial charge in [0.25, 0.3) is 0 Å². The molecule has 1 heterocycles. The number of halogens is 1. The molecule has 1 saturated carbocycles. The van der Waals surface area contributed by atoms with E-state index in [-0.39, 0.29) is 23.9 Å². The largest absolute Gasteiger partial charge is 0.494 e. The maximum Gasteiger partial charge on any atom is 0.315 e. The molecule has 2 N–H and O–H groups in total. The molecule has 6 heteroatoms. The summed E-state index contributed by atoms with van der Waals surface area (Å²) in [5.41, 5.74) is 0.797. The van der Waals surface area contributed by atoms with Crippen LogP contribution in [0.4, 0.5) is 9.18 Å². The molecule has 0 spiro atoms. The molecule has 0 aromatic heterocycles. The van der Waals surface area contributed by atoms with Crippen LogP contribution >= 0.6 is 0 Å². The number of carbonyl (C=O) groups excluding carboxylic acids is 1. The van der Waals surface area contributed by atoms with E-state index < -0.39 is 5.82 Å². The summed E-state index contributed by atoms with van der Waals surface area (Å²) >= 11 is 0. The van der Waals surface area contributed by atoms with Crippen molar-refractivity contribution in [2.45, 2.75) is 50.8 Å².